The number of carbonyl (C=O) groups is 1. The highest BCUT2D eigenvalue weighted by Gasteiger charge is 2.14. The van der Waals surface area contributed by atoms with Gasteiger partial charge in [0.25, 0.3) is 0 Å². The normalized spacial score (nSPS) is 11.8. The highest BCUT2D eigenvalue weighted by Crippen LogP contribution is 2.10. The molecule has 1 rings (SSSR count). The van der Waals surface area contributed by atoms with Crippen LogP contribution in [0.5, 0.6) is 0 Å². The van der Waals surface area contributed by atoms with Crippen LogP contribution in [0.25, 0.3) is 6.08 Å². The van der Waals surface area contributed by atoms with Gasteiger partial charge >= 0.3 is 0 Å². The molecule has 0 spiro atoms. The molecule has 0 radical (unpaired) electrons. The van der Waals surface area contributed by atoms with E-state index < -0.39 is 0 Å². The van der Waals surface area contributed by atoms with Crippen LogP contribution in [-0.4, -0.2) is 11.4 Å². The smallest absolute Gasteiger partial charge is 0.247 e. The summed E-state index contributed by atoms with van der Waals surface area (Å²) in [5.74, 6) is -0.0770. The largest absolute Gasteiger partial charge is 0.348 e. The minimum absolute atomic E-state index is 0.0770. The first-order valence-electron chi connectivity index (χ1n) is 5.83. The maximum absolute atomic E-state index is 11.9. The summed E-state index contributed by atoms with van der Waals surface area (Å²) < 4.78 is 0. The number of nitrogens with zero attached hydrogens (tertiary/aromatic N) is 1. The van der Waals surface area contributed by atoms with Gasteiger partial charge in [0.15, 0.2) is 0 Å². The molecule has 0 aliphatic heterocycles. The second kappa shape index (κ2) is 5.50. The first-order chi connectivity index (χ1) is 8.31. The lowest BCUT2D eigenvalue weighted by Gasteiger charge is -2.20. The van der Waals surface area contributed by atoms with Crippen LogP contribution >= 0.6 is 0 Å². The molecule has 1 aromatic rings. The molecule has 0 aliphatic rings. The van der Waals surface area contributed by atoms with Crippen molar-refractivity contribution < 1.29 is 4.79 Å². The number of hydrogen-bond donors (Lipinski definition) is 1. The van der Waals surface area contributed by atoms with Gasteiger partial charge in [-0.3, -0.25) is 4.79 Å². The Hall–Kier alpha value is -2.08. The van der Waals surface area contributed by atoms with Gasteiger partial charge in [0.05, 0.1) is 11.6 Å². The van der Waals surface area contributed by atoms with Crippen molar-refractivity contribution in [3.63, 3.8) is 0 Å². The Labute approximate surface area is 108 Å². The molecule has 3 heteroatoms. The molecule has 0 fully saturated rings. The van der Waals surface area contributed by atoms with Crippen LogP contribution in [0.2, 0.25) is 0 Å². The van der Waals surface area contributed by atoms with Gasteiger partial charge in [0, 0.05) is 11.1 Å². The van der Waals surface area contributed by atoms with Gasteiger partial charge in [-0.2, -0.15) is 5.26 Å². The van der Waals surface area contributed by atoms with E-state index in [4.69, 9.17) is 5.26 Å². The zero-order valence-electron chi connectivity index (χ0n) is 11.2. The van der Waals surface area contributed by atoms with Crippen LogP contribution in [0.15, 0.2) is 29.8 Å². The van der Waals surface area contributed by atoms with Crippen molar-refractivity contribution >= 4 is 12.0 Å². The third-order valence-electron chi connectivity index (χ3n) is 2.27. The predicted octanol–water partition coefficient (Wildman–Crippen LogP) is 2.88. The van der Waals surface area contributed by atoms with E-state index >= 15 is 0 Å². The average Bonchev–Trinajstić information content (AvgIpc) is 2.27. The van der Waals surface area contributed by atoms with Crippen LogP contribution in [0.3, 0.4) is 0 Å². The predicted molar refractivity (Wildman–Crippen MR) is 72.7 cm³/mol. The van der Waals surface area contributed by atoms with Crippen molar-refractivity contribution in [2.75, 3.05) is 0 Å². The maximum atomic E-state index is 11.9. The fourth-order valence-electron chi connectivity index (χ4n) is 1.41. The first-order valence-corrected chi connectivity index (χ1v) is 5.83. The Morgan fingerprint density at radius 3 is 2.28 bits per heavy atom. The molecule has 0 aliphatic carbocycles. The van der Waals surface area contributed by atoms with E-state index in [9.17, 15) is 4.79 Å². The van der Waals surface area contributed by atoms with Gasteiger partial charge in [-0.25, -0.2) is 0 Å². The van der Waals surface area contributed by atoms with Gasteiger partial charge in [0.2, 0.25) is 5.91 Å². The standard InChI is InChI=1S/C15H18N2O/c1-11(14(18)17-15(2,3)4)9-12-5-7-13(10-16)8-6-12/h5-9H,1-4H3,(H,17,18)/b11-9+. The molecule has 0 unspecified atom stereocenters. The Bertz CT molecular complexity index is 499. The molecule has 18 heavy (non-hydrogen) atoms. The number of rotatable bonds is 2. The second-order valence-electron chi connectivity index (χ2n) is 5.27. The third kappa shape index (κ3) is 4.42. The van der Waals surface area contributed by atoms with Crippen LogP contribution in [-0.2, 0) is 4.79 Å². The van der Waals surface area contributed by atoms with Crippen LogP contribution in [0, 0.1) is 11.3 Å². The Balaban J connectivity index is 2.82. The van der Waals surface area contributed by atoms with E-state index in [1.807, 2.05) is 39.0 Å². The Kier molecular flexibility index (Phi) is 4.28. The third-order valence-corrected chi connectivity index (χ3v) is 2.27. The highest BCUT2D eigenvalue weighted by atomic mass is 16.1. The fourth-order valence-corrected chi connectivity index (χ4v) is 1.41. The van der Waals surface area contributed by atoms with Crippen LogP contribution in [0.1, 0.15) is 38.8 Å². The molecule has 0 saturated heterocycles. The minimum atomic E-state index is -0.239. The first kappa shape index (κ1) is 14.0. The molecule has 3 nitrogen and oxygen atoms in total. The topological polar surface area (TPSA) is 52.9 Å². The summed E-state index contributed by atoms with van der Waals surface area (Å²) in [5.41, 5.74) is 1.94. The van der Waals surface area contributed by atoms with Gasteiger partial charge in [-0.1, -0.05) is 12.1 Å². The van der Waals surface area contributed by atoms with E-state index in [0.29, 0.717) is 11.1 Å². The average molecular weight is 242 g/mol. The molecule has 0 atom stereocenters. The maximum Gasteiger partial charge on any atom is 0.247 e. The lowest BCUT2D eigenvalue weighted by atomic mass is 10.1. The zero-order valence-corrected chi connectivity index (χ0v) is 11.2. The summed E-state index contributed by atoms with van der Waals surface area (Å²) in [5, 5.41) is 11.6. The number of hydrogen-bond acceptors (Lipinski definition) is 2. The SMILES string of the molecule is C/C(=C\c1ccc(C#N)cc1)C(=O)NC(C)(C)C. The summed E-state index contributed by atoms with van der Waals surface area (Å²) in [6, 6.07) is 9.19. The van der Waals surface area contributed by atoms with Crippen molar-refractivity contribution in [3.8, 4) is 6.07 Å². The molecule has 0 saturated carbocycles. The highest BCUT2D eigenvalue weighted by molar-refractivity contribution is 5.97. The van der Waals surface area contributed by atoms with Crippen molar-refractivity contribution in [1.29, 1.82) is 5.26 Å². The lowest BCUT2D eigenvalue weighted by molar-refractivity contribution is -0.118. The summed E-state index contributed by atoms with van der Waals surface area (Å²) in [6.07, 6.45) is 1.81. The van der Waals surface area contributed by atoms with Gasteiger partial charge in [-0.15, -0.1) is 0 Å². The molecular formula is C15H18N2O. The van der Waals surface area contributed by atoms with E-state index in [1.165, 1.54) is 0 Å². The van der Waals surface area contributed by atoms with Gasteiger partial charge in [0.1, 0.15) is 0 Å². The van der Waals surface area contributed by atoms with Crippen LogP contribution in [0.4, 0.5) is 0 Å². The van der Waals surface area contributed by atoms with E-state index in [0.717, 1.165) is 5.56 Å². The lowest BCUT2D eigenvalue weighted by Crippen LogP contribution is -2.40. The van der Waals surface area contributed by atoms with Crippen molar-refractivity contribution in [2.24, 2.45) is 0 Å². The second-order valence-corrected chi connectivity index (χ2v) is 5.27. The fraction of sp³-hybridized carbons (Fsp3) is 0.333. The van der Waals surface area contributed by atoms with Gasteiger partial charge in [-0.05, 0) is 51.5 Å². The van der Waals surface area contributed by atoms with E-state index in [-0.39, 0.29) is 11.4 Å². The molecule has 0 aromatic heterocycles. The summed E-state index contributed by atoms with van der Waals surface area (Å²) in [6.45, 7) is 7.61. The molecule has 1 amide bonds. The van der Waals surface area contributed by atoms with Crippen molar-refractivity contribution in [2.45, 2.75) is 33.2 Å². The quantitative estimate of drug-likeness (QED) is 0.811. The van der Waals surface area contributed by atoms with Gasteiger partial charge < -0.3 is 5.32 Å². The van der Waals surface area contributed by atoms with Crippen molar-refractivity contribution in [1.82, 2.24) is 5.32 Å². The Morgan fingerprint density at radius 2 is 1.83 bits per heavy atom. The van der Waals surface area contributed by atoms with Crippen LogP contribution < -0.4 is 5.32 Å². The number of carbonyl (C=O) groups excluding carboxylic acids is 1. The molecule has 94 valence electrons. The Morgan fingerprint density at radius 1 is 1.28 bits per heavy atom. The minimum Gasteiger partial charge on any atom is -0.348 e. The van der Waals surface area contributed by atoms with Crippen molar-refractivity contribution in [3.05, 3.63) is 41.0 Å². The molecule has 1 N–H and O–H groups in total. The molecule has 1 aromatic carbocycles. The number of nitrogens with one attached hydrogen (secondary N) is 1. The zero-order chi connectivity index (χ0) is 13.8. The number of nitriles is 1. The molecule has 0 bridgehead atoms. The molecular weight excluding hydrogens is 224 g/mol. The van der Waals surface area contributed by atoms with E-state index in [2.05, 4.69) is 11.4 Å². The number of benzene rings is 1. The monoisotopic (exact) mass is 242 g/mol. The van der Waals surface area contributed by atoms with E-state index in [1.54, 1.807) is 19.1 Å². The molecule has 0 heterocycles. The summed E-state index contributed by atoms with van der Waals surface area (Å²) in [7, 11) is 0. The number of amides is 1. The summed E-state index contributed by atoms with van der Waals surface area (Å²) >= 11 is 0. The summed E-state index contributed by atoms with van der Waals surface area (Å²) in [4.78, 5) is 11.9.